The molecule has 0 radical (unpaired) electrons. The van der Waals surface area contributed by atoms with Gasteiger partial charge < -0.3 is 5.32 Å². The van der Waals surface area contributed by atoms with Crippen molar-refractivity contribution in [2.75, 3.05) is 17.6 Å². The lowest BCUT2D eigenvalue weighted by atomic mass is 10.3. The summed E-state index contributed by atoms with van der Waals surface area (Å²) < 4.78 is 24.1. The Hall–Kier alpha value is -1.47. The predicted molar refractivity (Wildman–Crippen MR) is 75.3 cm³/mol. The summed E-state index contributed by atoms with van der Waals surface area (Å²) in [7, 11) is -3.18. The van der Waals surface area contributed by atoms with Crippen LogP contribution in [0.1, 0.15) is 26.7 Å². The minimum Gasteiger partial charge on any atom is -0.383 e. The molecular weight excluding hydrogens is 246 g/mol. The molecule has 1 aromatic rings. The van der Waals surface area contributed by atoms with Crippen LogP contribution in [-0.4, -0.2) is 20.7 Å². The summed E-state index contributed by atoms with van der Waals surface area (Å²) in [5.41, 5.74) is 0.670. The second kappa shape index (κ2) is 7.07. The Kier molecular flexibility index (Phi) is 5.73. The maximum Gasteiger partial charge on any atom is 0.180 e. The second-order valence-corrected chi connectivity index (χ2v) is 6.00. The van der Waals surface area contributed by atoms with Gasteiger partial charge in [-0.1, -0.05) is 19.1 Å². The van der Waals surface area contributed by atoms with E-state index in [0.29, 0.717) is 30.0 Å². The van der Waals surface area contributed by atoms with E-state index in [1.165, 1.54) is 0 Å². The van der Waals surface area contributed by atoms with Gasteiger partial charge in [0.05, 0.1) is 16.3 Å². The van der Waals surface area contributed by atoms with Crippen LogP contribution in [0.5, 0.6) is 0 Å². The zero-order chi connectivity index (χ0) is 13.4. The number of hydrogen-bond donors (Lipinski definition) is 1. The molecule has 0 bridgehead atoms. The van der Waals surface area contributed by atoms with Crippen molar-refractivity contribution in [1.29, 1.82) is 0 Å². The molecule has 0 unspecified atom stereocenters. The highest BCUT2D eigenvalue weighted by atomic mass is 32.2. The van der Waals surface area contributed by atoms with Crippen LogP contribution in [0.15, 0.2) is 29.2 Å². The normalized spacial score (nSPS) is 10.6. The number of anilines is 1. The highest BCUT2D eigenvalue weighted by Crippen LogP contribution is 2.22. The fourth-order valence-corrected chi connectivity index (χ4v) is 3.17. The van der Waals surface area contributed by atoms with Crippen LogP contribution in [0.3, 0.4) is 0 Å². The van der Waals surface area contributed by atoms with E-state index >= 15 is 0 Å². The third-order valence-corrected chi connectivity index (χ3v) is 4.41. The molecule has 0 saturated carbocycles. The van der Waals surface area contributed by atoms with Gasteiger partial charge in [-0.05, 0) is 25.5 Å². The van der Waals surface area contributed by atoms with E-state index in [1.807, 2.05) is 13.0 Å². The predicted octanol–water partition coefficient (Wildman–Crippen LogP) is 2.70. The van der Waals surface area contributed by atoms with E-state index in [4.69, 9.17) is 0 Å². The molecule has 0 aliphatic heterocycles. The lowest BCUT2D eigenvalue weighted by Gasteiger charge is -2.11. The van der Waals surface area contributed by atoms with Crippen molar-refractivity contribution in [3.05, 3.63) is 24.3 Å². The van der Waals surface area contributed by atoms with Gasteiger partial charge in [-0.2, -0.15) is 0 Å². The molecule has 1 rings (SSSR count). The van der Waals surface area contributed by atoms with E-state index < -0.39 is 9.84 Å². The maximum atomic E-state index is 12.1. The first-order valence-electron chi connectivity index (χ1n) is 6.07. The molecule has 4 heteroatoms. The summed E-state index contributed by atoms with van der Waals surface area (Å²) in [5.74, 6) is 5.93. The Morgan fingerprint density at radius 2 is 2.00 bits per heavy atom. The molecule has 1 N–H and O–H groups in total. The van der Waals surface area contributed by atoms with Gasteiger partial charge in [0.25, 0.3) is 0 Å². The van der Waals surface area contributed by atoms with E-state index in [9.17, 15) is 8.42 Å². The lowest BCUT2D eigenvalue weighted by molar-refractivity contribution is 0.595. The van der Waals surface area contributed by atoms with Crippen molar-refractivity contribution >= 4 is 15.5 Å². The first kappa shape index (κ1) is 14.6. The number of para-hydroxylation sites is 1. The van der Waals surface area contributed by atoms with Gasteiger partial charge in [0, 0.05) is 13.0 Å². The first-order valence-corrected chi connectivity index (χ1v) is 7.72. The Labute approximate surface area is 110 Å². The van der Waals surface area contributed by atoms with Crippen LogP contribution in [-0.2, 0) is 9.84 Å². The lowest BCUT2D eigenvalue weighted by Crippen LogP contribution is -2.10. The van der Waals surface area contributed by atoms with Crippen LogP contribution in [0, 0.1) is 11.8 Å². The summed E-state index contributed by atoms with van der Waals surface area (Å²) in [6, 6.07) is 7.03. The number of rotatable bonds is 6. The molecule has 0 atom stereocenters. The smallest absolute Gasteiger partial charge is 0.180 e. The largest absolute Gasteiger partial charge is 0.383 e. The highest BCUT2D eigenvalue weighted by molar-refractivity contribution is 7.91. The number of sulfone groups is 1. The van der Waals surface area contributed by atoms with Crippen molar-refractivity contribution in [3.63, 3.8) is 0 Å². The standard InChI is InChI=1S/C14H19NO2S/c1-3-5-8-11-15-13-9-6-7-10-14(13)18(16,17)12-4-2/h6-7,9-10,15H,4,8,11-12H2,1-2H3. The minimum absolute atomic E-state index is 0.181. The van der Waals surface area contributed by atoms with Crippen molar-refractivity contribution in [2.45, 2.75) is 31.6 Å². The van der Waals surface area contributed by atoms with Crippen molar-refractivity contribution in [3.8, 4) is 11.8 Å². The van der Waals surface area contributed by atoms with Gasteiger partial charge >= 0.3 is 0 Å². The van der Waals surface area contributed by atoms with Gasteiger partial charge in [-0.15, -0.1) is 11.8 Å². The summed E-state index contributed by atoms with van der Waals surface area (Å²) >= 11 is 0. The molecule has 0 saturated heterocycles. The number of hydrogen-bond acceptors (Lipinski definition) is 3. The van der Waals surface area contributed by atoms with E-state index in [-0.39, 0.29) is 5.75 Å². The molecular formula is C14H19NO2S. The molecule has 0 amide bonds. The minimum atomic E-state index is -3.18. The van der Waals surface area contributed by atoms with Gasteiger partial charge in [0.1, 0.15) is 0 Å². The fourth-order valence-electron chi connectivity index (χ4n) is 1.65. The molecule has 0 fully saturated rings. The molecule has 18 heavy (non-hydrogen) atoms. The van der Waals surface area contributed by atoms with Crippen LogP contribution in [0.4, 0.5) is 5.69 Å². The van der Waals surface area contributed by atoms with Crippen molar-refractivity contribution in [2.24, 2.45) is 0 Å². The summed E-state index contributed by atoms with van der Waals surface area (Å²) in [5, 5.41) is 3.13. The van der Waals surface area contributed by atoms with Crippen molar-refractivity contribution in [1.82, 2.24) is 0 Å². The zero-order valence-electron chi connectivity index (χ0n) is 10.9. The number of benzene rings is 1. The third kappa shape index (κ3) is 4.08. The maximum absolute atomic E-state index is 12.1. The quantitative estimate of drug-likeness (QED) is 0.635. The number of nitrogens with one attached hydrogen (secondary N) is 1. The molecule has 0 heterocycles. The molecule has 1 aromatic carbocycles. The Bertz CT molecular complexity index is 538. The average Bonchev–Trinajstić information content (AvgIpc) is 2.35. The second-order valence-electron chi connectivity index (χ2n) is 3.92. The van der Waals surface area contributed by atoms with E-state index in [2.05, 4.69) is 17.2 Å². The zero-order valence-corrected chi connectivity index (χ0v) is 11.7. The van der Waals surface area contributed by atoms with Gasteiger partial charge in [0.2, 0.25) is 0 Å². The van der Waals surface area contributed by atoms with Crippen molar-refractivity contribution < 1.29 is 8.42 Å². The van der Waals surface area contributed by atoms with E-state index in [1.54, 1.807) is 25.1 Å². The molecule has 98 valence electrons. The summed E-state index contributed by atoms with van der Waals surface area (Å²) in [6.07, 6.45) is 1.33. The Morgan fingerprint density at radius 3 is 2.67 bits per heavy atom. The van der Waals surface area contributed by atoms with Crippen LogP contribution >= 0.6 is 0 Å². The first-order chi connectivity index (χ1) is 8.61. The molecule has 0 aliphatic carbocycles. The van der Waals surface area contributed by atoms with Gasteiger partial charge in [0.15, 0.2) is 9.84 Å². The monoisotopic (exact) mass is 265 g/mol. The topological polar surface area (TPSA) is 46.2 Å². The van der Waals surface area contributed by atoms with Crippen LogP contribution in [0.2, 0.25) is 0 Å². The summed E-state index contributed by atoms with van der Waals surface area (Å²) in [4.78, 5) is 0.385. The van der Waals surface area contributed by atoms with Crippen LogP contribution in [0.25, 0.3) is 0 Å². The fraction of sp³-hybridized carbons (Fsp3) is 0.429. The Balaban J connectivity index is 2.88. The van der Waals surface area contributed by atoms with Gasteiger partial charge in [-0.25, -0.2) is 8.42 Å². The highest BCUT2D eigenvalue weighted by Gasteiger charge is 2.16. The van der Waals surface area contributed by atoms with Crippen LogP contribution < -0.4 is 5.32 Å². The molecule has 0 spiro atoms. The SMILES string of the molecule is CC#CCCNc1ccccc1S(=O)(=O)CCC. The Morgan fingerprint density at radius 1 is 1.28 bits per heavy atom. The summed E-state index contributed by atoms with van der Waals surface area (Å²) in [6.45, 7) is 4.31. The van der Waals surface area contributed by atoms with Gasteiger partial charge in [-0.3, -0.25) is 0 Å². The molecule has 0 aromatic heterocycles. The average molecular weight is 265 g/mol. The third-order valence-electron chi connectivity index (χ3n) is 2.44. The molecule has 0 aliphatic rings. The van der Waals surface area contributed by atoms with E-state index in [0.717, 1.165) is 0 Å². The molecule has 3 nitrogen and oxygen atoms in total.